The summed E-state index contributed by atoms with van der Waals surface area (Å²) in [6.07, 6.45) is 1.68. The first-order chi connectivity index (χ1) is 11.3. The lowest BCUT2D eigenvalue weighted by Crippen LogP contribution is -2.36. The van der Waals surface area contributed by atoms with Gasteiger partial charge < -0.3 is 15.2 Å². The van der Waals surface area contributed by atoms with Crippen LogP contribution in [0.15, 0.2) is 29.8 Å². The molecule has 0 aliphatic rings. The zero-order valence-corrected chi connectivity index (χ0v) is 14.8. The molecule has 0 aliphatic heterocycles. The van der Waals surface area contributed by atoms with E-state index in [1.54, 1.807) is 37.3 Å². The topological polar surface area (TPSA) is 82.3 Å². The number of hydrogen-bond donors (Lipinski definition) is 2. The monoisotopic (exact) mass is 330 g/mol. The van der Waals surface area contributed by atoms with E-state index in [4.69, 9.17) is 4.74 Å². The van der Waals surface area contributed by atoms with Crippen LogP contribution in [0.5, 0.6) is 5.75 Å². The maximum absolute atomic E-state index is 12.2. The van der Waals surface area contributed by atoms with Gasteiger partial charge in [-0.3, -0.25) is 4.79 Å². The Morgan fingerprint density at radius 2 is 2.04 bits per heavy atom. The quantitative estimate of drug-likeness (QED) is 0.567. The van der Waals surface area contributed by atoms with Gasteiger partial charge >= 0.3 is 0 Å². The van der Waals surface area contributed by atoms with Gasteiger partial charge in [-0.05, 0) is 49.5 Å². The van der Waals surface area contributed by atoms with Crippen LogP contribution < -0.4 is 10.1 Å². The number of nitrogens with one attached hydrogen (secondary N) is 1. The van der Waals surface area contributed by atoms with Gasteiger partial charge in [-0.1, -0.05) is 26.0 Å². The highest BCUT2D eigenvalue weighted by molar-refractivity contribution is 6.01. The van der Waals surface area contributed by atoms with Gasteiger partial charge in [0.05, 0.1) is 12.7 Å². The van der Waals surface area contributed by atoms with Crippen molar-refractivity contribution >= 4 is 12.0 Å². The van der Waals surface area contributed by atoms with Gasteiger partial charge in [-0.2, -0.15) is 5.26 Å². The third-order valence-electron chi connectivity index (χ3n) is 3.44. The number of carbonyl (C=O) groups is 1. The van der Waals surface area contributed by atoms with Crippen molar-refractivity contribution in [2.24, 2.45) is 5.41 Å². The van der Waals surface area contributed by atoms with Gasteiger partial charge in [0.2, 0.25) is 0 Å². The van der Waals surface area contributed by atoms with E-state index in [1.165, 1.54) is 0 Å². The minimum atomic E-state index is -0.438. The van der Waals surface area contributed by atoms with Crippen LogP contribution in [0, 0.1) is 16.7 Å². The first kappa shape index (κ1) is 19.7. The Kier molecular flexibility index (Phi) is 7.47. The number of carbonyl (C=O) groups excluding carboxylic acids is 1. The number of aliphatic hydroxyl groups is 1. The molecule has 1 rings (SSSR count). The average molecular weight is 330 g/mol. The van der Waals surface area contributed by atoms with Gasteiger partial charge in [0, 0.05) is 6.54 Å². The van der Waals surface area contributed by atoms with Crippen molar-refractivity contribution in [1.82, 2.24) is 5.32 Å². The number of nitriles is 1. The van der Waals surface area contributed by atoms with Crippen LogP contribution in [0.2, 0.25) is 0 Å². The van der Waals surface area contributed by atoms with E-state index in [0.29, 0.717) is 19.6 Å². The number of benzene rings is 1. The minimum absolute atomic E-state index is 0.0482. The maximum atomic E-state index is 12.2. The molecule has 0 fully saturated rings. The molecule has 1 aromatic rings. The van der Waals surface area contributed by atoms with Crippen molar-refractivity contribution in [2.45, 2.75) is 40.2 Å². The molecule has 0 saturated heterocycles. The largest absolute Gasteiger partial charge is 0.494 e. The summed E-state index contributed by atoms with van der Waals surface area (Å²) in [5.41, 5.74) is 0.559. The molecular formula is C19H26N2O3. The summed E-state index contributed by atoms with van der Waals surface area (Å²) < 4.78 is 5.36. The molecule has 0 heterocycles. The fourth-order valence-electron chi connectivity index (χ4n) is 2.43. The Balaban J connectivity index is 2.74. The van der Waals surface area contributed by atoms with Crippen LogP contribution in [0.3, 0.4) is 0 Å². The summed E-state index contributed by atoms with van der Waals surface area (Å²) in [5, 5.41) is 21.5. The van der Waals surface area contributed by atoms with Crippen molar-refractivity contribution in [1.29, 1.82) is 5.26 Å². The molecule has 2 N–H and O–H groups in total. The molecule has 5 heteroatoms. The van der Waals surface area contributed by atoms with Crippen molar-refractivity contribution in [3.63, 3.8) is 0 Å². The molecule has 0 aliphatic carbocycles. The lowest BCUT2D eigenvalue weighted by Gasteiger charge is -2.26. The molecule has 0 radical (unpaired) electrons. The second kappa shape index (κ2) is 9.09. The van der Waals surface area contributed by atoms with E-state index in [2.05, 4.69) is 5.32 Å². The Morgan fingerprint density at radius 1 is 1.42 bits per heavy atom. The molecule has 1 unspecified atom stereocenters. The summed E-state index contributed by atoms with van der Waals surface area (Å²) in [6.45, 7) is 8.52. The standard InChI is InChI=1S/C19H26N2O3/c1-5-24-17-8-6-15(7-9-17)10-16(12-20)18(23)21-13-19(3,4)11-14(2)22/h6-10,14,22H,5,11,13H2,1-4H3,(H,21,23)/b16-10-. The molecular weight excluding hydrogens is 304 g/mol. The summed E-state index contributed by atoms with van der Waals surface area (Å²) in [5.74, 6) is 0.336. The Morgan fingerprint density at radius 3 is 2.54 bits per heavy atom. The molecule has 0 spiro atoms. The first-order valence-corrected chi connectivity index (χ1v) is 8.08. The second-order valence-electron chi connectivity index (χ2n) is 6.57. The first-order valence-electron chi connectivity index (χ1n) is 8.08. The summed E-state index contributed by atoms with van der Waals surface area (Å²) in [4.78, 5) is 12.2. The second-order valence-corrected chi connectivity index (χ2v) is 6.57. The van der Waals surface area contributed by atoms with E-state index in [9.17, 15) is 15.2 Å². The van der Waals surface area contributed by atoms with Crippen molar-refractivity contribution in [3.8, 4) is 11.8 Å². The highest BCUT2D eigenvalue weighted by Crippen LogP contribution is 2.21. The van der Waals surface area contributed by atoms with Crippen LogP contribution in [0.4, 0.5) is 0 Å². The summed E-state index contributed by atoms with van der Waals surface area (Å²) >= 11 is 0. The molecule has 0 bridgehead atoms. The lowest BCUT2D eigenvalue weighted by molar-refractivity contribution is -0.117. The van der Waals surface area contributed by atoms with Crippen LogP contribution in [-0.2, 0) is 4.79 Å². The predicted octanol–water partition coefficient (Wildman–Crippen LogP) is 2.91. The van der Waals surface area contributed by atoms with Gasteiger partial charge in [-0.25, -0.2) is 0 Å². The van der Waals surface area contributed by atoms with E-state index in [-0.39, 0.29) is 11.0 Å². The van der Waals surface area contributed by atoms with Gasteiger partial charge in [0.15, 0.2) is 0 Å². The third kappa shape index (κ3) is 6.84. The highest BCUT2D eigenvalue weighted by Gasteiger charge is 2.22. The Labute approximate surface area is 143 Å². The minimum Gasteiger partial charge on any atom is -0.494 e. The molecule has 1 atom stereocenters. The molecule has 24 heavy (non-hydrogen) atoms. The third-order valence-corrected chi connectivity index (χ3v) is 3.44. The van der Waals surface area contributed by atoms with Crippen LogP contribution in [0.25, 0.3) is 6.08 Å². The van der Waals surface area contributed by atoms with Crippen molar-refractivity contribution in [3.05, 3.63) is 35.4 Å². The van der Waals surface area contributed by atoms with Gasteiger partial charge in [0.1, 0.15) is 17.4 Å². The number of nitrogens with zero attached hydrogens (tertiary/aromatic N) is 1. The van der Waals surface area contributed by atoms with E-state index < -0.39 is 12.0 Å². The zero-order chi connectivity index (χ0) is 18.2. The molecule has 5 nitrogen and oxygen atoms in total. The predicted molar refractivity (Wildman–Crippen MR) is 94.3 cm³/mol. The normalized spacial score (nSPS) is 13.1. The van der Waals surface area contributed by atoms with Gasteiger partial charge in [0.25, 0.3) is 5.91 Å². The highest BCUT2D eigenvalue weighted by atomic mass is 16.5. The van der Waals surface area contributed by atoms with Crippen LogP contribution >= 0.6 is 0 Å². The number of amides is 1. The average Bonchev–Trinajstić information content (AvgIpc) is 2.51. The van der Waals surface area contributed by atoms with E-state index in [0.717, 1.165) is 11.3 Å². The molecule has 1 aromatic carbocycles. The number of aliphatic hydroxyl groups excluding tert-OH is 1. The fraction of sp³-hybridized carbons (Fsp3) is 0.474. The summed E-state index contributed by atoms with van der Waals surface area (Å²) in [7, 11) is 0. The number of rotatable bonds is 8. The van der Waals surface area contributed by atoms with Crippen LogP contribution in [0.1, 0.15) is 39.7 Å². The summed E-state index contributed by atoms with van der Waals surface area (Å²) in [6, 6.07) is 9.13. The number of hydrogen-bond acceptors (Lipinski definition) is 4. The van der Waals surface area contributed by atoms with E-state index in [1.807, 2.05) is 26.8 Å². The number of ether oxygens (including phenoxy) is 1. The molecule has 1 amide bonds. The van der Waals surface area contributed by atoms with Crippen molar-refractivity contribution < 1.29 is 14.6 Å². The van der Waals surface area contributed by atoms with Gasteiger partial charge in [-0.15, -0.1) is 0 Å². The molecule has 130 valence electrons. The maximum Gasteiger partial charge on any atom is 0.261 e. The van der Waals surface area contributed by atoms with Crippen LogP contribution in [-0.4, -0.2) is 30.3 Å². The Bertz CT molecular complexity index is 610. The molecule has 0 aromatic heterocycles. The smallest absolute Gasteiger partial charge is 0.261 e. The zero-order valence-electron chi connectivity index (χ0n) is 14.8. The molecule has 0 saturated carbocycles. The fourth-order valence-corrected chi connectivity index (χ4v) is 2.43. The lowest BCUT2D eigenvalue weighted by atomic mass is 9.87. The van der Waals surface area contributed by atoms with E-state index >= 15 is 0 Å². The van der Waals surface area contributed by atoms with Crippen molar-refractivity contribution in [2.75, 3.05) is 13.2 Å². The SMILES string of the molecule is CCOc1ccc(/C=C(/C#N)C(=O)NCC(C)(C)CC(C)O)cc1. The Hall–Kier alpha value is -2.32.